The van der Waals surface area contributed by atoms with Crippen molar-refractivity contribution in [3.63, 3.8) is 0 Å². The molecule has 0 spiro atoms. The van der Waals surface area contributed by atoms with E-state index in [2.05, 4.69) is 87.6 Å². The van der Waals surface area contributed by atoms with Crippen molar-refractivity contribution in [2.45, 2.75) is 271 Å². The van der Waals surface area contributed by atoms with Crippen molar-refractivity contribution < 1.29 is 23.8 Å². The Balaban J connectivity index is 4.35. The van der Waals surface area contributed by atoms with Gasteiger partial charge < -0.3 is 14.2 Å². The Morgan fingerprint density at radius 3 is 1.09 bits per heavy atom. The third-order valence-electron chi connectivity index (χ3n) is 11.8. The molecule has 1 unspecified atom stereocenters. The standard InChI is InChI=1S/C59H104O5/c1-4-7-10-13-16-19-22-25-27-29-30-31-32-35-37-40-43-46-49-52-58(60)63-56-57(64-59(61)53-50-47-44-41-38-34-24-21-18-15-12-9-6-3)55-62-54-51-48-45-42-39-36-33-28-26-23-20-17-14-11-8-5-2/h7,10,16,19,25,27,30-31,35,37,43,46,57H,4-6,8-9,11-15,17-18,20-24,26,28-29,32-34,36,38-42,44-45,47-56H2,1-3H3/b10-7-,19-16-,27-25-,31-30-,37-35-,46-43-. The molecule has 5 nitrogen and oxygen atoms in total. The zero-order valence-electron chi connectivity index (χ0n) is 42.5. The third-order valence-corrected chi connectivity index (χ3v) is 11.8. The maximum atomic E-state index is 12.8. The van der Waals surface area contributed by atoms with Gasteiger partial charge in [-0.1, -0.05) is 267 Å². The van der Waals surface area contributed by atoms with Gasteiger partial charge in [0.05, 0.1) is 6.61 Å². The molecule has 0 radical (unpaired) electrons. The van der Waals surface area contributed by atoms with E-state index in [-0.39, 0.29) is 25.2 Å². The van der Waals surface area contributed by atoms with Gasteiger partial charge in [0.25, 0.3) is 0 Å². The summed E-state index contributed by atoms with van der Waals surface area (Å²) in [5.41, 5.74) is 0. The minimum atomic E-state index is -0.564. The van der Waals surface area contributed by atoms with Crippen LogP contribution in [0.2, 0.25) is 0 Å². The maximum absolute atomic E-state index is 12.8. The van der Waals surface area contributed by atoms with Crippen molar-refractivity contribution in [1.82, 2.24) is 0 Å². The molecule has 0 aliphatic rings. The average molecular weight is 893 g/mol. The normalized spacial score (nSPS) is 12.7. The van der Waals surface area contributed by atoms with Gasteiger partial charge >= 0.3 is 11.9 Å². The van der Waals surface area contributed by atoms with Crippen molar-refractivity contribution in [3.05, 3.63) is 72.9 Å². The van der Waals surface area contributed by atoms with E-state index in [9.17, 15) is 9.59 Å². The fourth-order valence-electron chi connectivity index (χ4n) is 7.71. The van der Waals surface area contributed by atoms with Gasteiger partial charge in [0, 0.05) is 19.4 Å². The molecule has 0 aromatic carbocycles. The van der Waals surface area contributed by atoms with E-state index in [0.717, 1.165) is 64.2 Å². The monoisotopic (exact) mass is 893 g/mol. The van der Waals surface area contributed by atoms with Crippen LogP contribution in [0, 0.1) is 0 Å². The predicted molar refractivity (Wildman–Crippen MR) is 279 cm³/mol. The molecule has 0 rings (SSSR count). The fraction of sp³-hybridized carbons (Fsp3) is 0.763. The summed E-state index contributed by atoms with van der Waals surface area (Å²) in [7, 11) is 0. The van der Waals surface area contributed by atoms with Crippen molar-refractivity contribution in [2.75, 3.05) is 19.8 Å². The van der Waals surface area contributed by atoms with Crippen LogP contribution in [-0.2, 0) is 23.8 Å². The van der Waals surface area contributed by atoms with E-state index in [0.29, 0.717) is 25.9 Å². The predicted octanol–water partition coefficient (Wildman–Crippen LogP) is 18.7. The highest BCUT2D eigenvalue weighted by molar-refractivity contribution is 5.70. The minimum Gasteiger partial charge on any atom is -0.462 e. The first kappa shape index (κ1) is 61.3. The number of unbranched alkanes of at least 4 members (excludes halogenated alkanes) is 27. The topological polar surface area (TPSA) is 61.8 Å². The van der Waals surface area contributed by atoms with Crippen LogP contribution >= 0.6 is 0 Å². The van der Waals surface area contributed by atoms with Gasteiger partial charge in [-0.3, -0.25) is 9.59 Å². The number of hydrogen-bond donors (Lipinski definition) is 0. The van der Waals surface area contributed by atoms with Crippen molar-refractivity contribution >= 4 is 11.9 Å². The number of hydrogen-bond acceptors (Lipinski definition) is 5. The number of carbonyl (C=O) groups excluding carboxylic acids is 2. The summed E-state index contributed by atoms with van der Waals surface area (Å²) in [4.78, 5) is 25.4. The summed E-state index contributed by atoms with van der Waals surface area (Å²) in [5.74, 6) is -0.483. The van der Waals surface area contributed by atoms with Gasteiger partial charge in [0.15, 0.2) is 6.10 Å². The lowest BCUT2D eigenvalue weighted by Gasteiger charge is -2.18. The van der Waals surface area contributed by atoms with Gasteiger partial charge in [0.1, 0.15) is 6.61 Å². The van der Waals surface area contributed by atoms with E-state index in [1.165, 1.54) is 161 Å². The minimum absolute atomic E-state index is 0.0475. The molecule has 0 saturated carbocycles. The second-order valence-corrected chi connectivity index (χ2v) is 18.1. The molecule has 0 amide bonds. The van der Waals surface area contributed by atoms with E-state index >= 15 is 0 Å². The Morgan fingerprint density at radius 2 is 0.703 bits per heavy atom. The Kier molecular flexibility index (Phi) is 52.4. The summed E-state index contributed by atoms with van der Waals surface area (Å²) in [5, 5.41) is 0. The van der Waals surface area contributed by atoms with Crippen molar-refractivity contribution in [1.29, 1.82) is 0 Å². The molecule has 0 saturated heterocycles. The van der Waals surface area contributed by atoms with Gasteiger partial charge in [-0.15, -0.1) is 0 Å². The highest BCUT2D eigenvalue weighted by atomic mass is 16.6. The summed E-state index contributed by atoms with van der Waals surface area (Å²) < 4.78 is 17.4. The maximum Gasteiger partial charge on any atom is 0.306 e. The van der Waals surface area contributed by atoms with Crippen molar-refractivity contribution in [2.24, 2.45) is 0 Å². The molecule has 64 heavy (non-hydrogen) atoms. The fourth-order valence-corrected chi connectivity index (χ4v) is 7.71. The van der Waals surface area contributed by atoms with Gasteiger partial charge in [-0.2, -0.15) is 0 Å². The molecule has 0 aromatic heterocycles. The SMILES string of the molecule is CC/C=C\C/C=C\C/C=C\C/C=C\C/C=C\C/C=C\CCC(=O)OCC(COCCCCCCCCCCCCCCCCCC)OC(=O)CCCCCCCCCCCCCCC. The Labute approximate surface area is 397 Å². The Morgan fingerprint density at radius 1 is 0.359 bits per heavy atom. The van der Waals surface area contributed by atoms with E-state index in [1.807, 2.05) is 6.08 Å². The Bertz CT molecular complexity index is 1150. The molecular formula is C59H104O5. The first-order chi connectivity index (χ1) is 31.6. The molecule has 5 heteroatoms. The third kappa shape index (κ3) is 52.0. The van der Waals surface area contributed by atoms with Crippen LogP contribution in [0.3, 0.4) is 0 Å². The van der Waals surface area contributed by atoms with Crippen LogP contribution in [-0.4, -0.2) is 37.9 Å². The summed E-state index contributed by atoms with van der Waals surface area (Å²) in [6, 6.07) is 0. The lowest BCUT2D eigenvalue weighted by atomic mass is 10.0. The quantitative estimate of drug-likeness (QED) is 0.0346. The van der Waals surface area contributed by atoms with Gasteiger partial charge in [-0.25, -0.2) is 0 Å². The smallest absolute Gasteiger partial charge is 0.306 e. The summed E-state index contributed by atoms with van der Waals surface area (Å²) in [6.45, 7) is 7.67. The molecule has 0 fully saturated rings. The average Bonchev–Trinajstić information content (AvgIpc) is 3.30. The summed E-state index contributed by atoms with van der Waals surface area (Å²) >= 11 is 0. The zero-order chi connectivity index (χ0) is 46.3. The van der Waals surface area contributed by atoms with Gasteiger partial charge in [0.2, 0.25) is 0 Å². The van der Waals surface area contributed by atoms with Crippen LogP contribution in [0.25, 0.3) is 0 Å². The first-order valence-corrected chi connectivity index (χ1v) is 27.5. The first-order valence-electron chi connectivity index (χ1n) is 27.5. The largest absolute Gasteiger partial charge is 0.462 e. The lowest BCUT2D eigenvalue weighted by Crippen LogP contribution is -2.30. The lowest BCUT2D eigenvalue weighted by molar-refractivity contribution is -0.162. The molecule has 0 aliphatic heterocycles. The van der Waals surface area contributed by atoms with E-state index in [1.54, 1.807) is 0 Å². The Hall–Kier alpha value is -2.66. The van der Waals surface area contributed by atoms with Crippen molar-refractivity contribution in [3.8, 4) is 0 Å². The molecule has 370 valence electrons. The number of carbonyl (C=O) groups is 2. The molecule has 0 bridgehead atoms. The molecule has 0 heterocycles. The molecule has 0 N–H and O–H groups in total. The van der Waals surface area contributed by atoms with Crippen LogP contribution in [0.5, 0.6) is 0 Å². The number of ether oxygens (including phenoxy) is 3. The van der Waals surface area contributed by atoms with Crippen LogP contribution in [0.1, 0.15) is 265 Å². The molecular weight excluding hydrogens is 789 g/mol. The number of rotatable bonds is 50. The highest BCUT2D eigenvalue weighted by Gasteiger charge is 2.17. The second-order valence-electron chi connectivity index (χ2n) is 18.1. The highest BCUT2D eigenvalue weighted by Crippen LogP contribution is 2.16. The zero-order valence-corrected chi connectivity index (χ0v) is 42.5. The number of allylic oxidation sites excluding steroid dienone is 12. The summed E-state index contributed by atoms with van der Waals surface area (Å²) in [6.07, 6.45) is 70.7. The van der Waals surface area contributed by atoms with Gasteiger partial charge in [-0.05, 0) is 57.8 Å². The van der Waals surface area contributed by atoms with Crippen LogP contribution in [0.15, 0.2) is 72.9 Å². The molecule has 1 atom stereocenters. The number of esters is 2. The van der Waals surface area contributed by atoms with E-state index < -0.39 is 6.10 Å². The molecule has 0 aromatic rings. The second kappa shape index (κ2) is 54.7. The van der Waals surface area contributed by atoms with E-state index in [4.69, 9.17) is 14.2 Å². The molecule has 0 aliphatic carbocycles. The van der Waals surface area contributed by atoms with Crippen LogP contribution < -0.4 is 0 Å². The van der Waals surface area contributed by atoms with Crippen LogP contribution in [0.4, 0.5) is 0 Å².